The van der Waals surface area contributed by atoms with Gasteiger partial charge in [0.05, 0.1) is 0 Å². The van der Waals surface area contributed by atoms with Gasteiger partial charge in [-0.1, -0.05) is 19.9 Å². The standard InChI is InChI=1S/C13H18N2/c1-9(2)10-3-4-13-11(7-10)8-12(15-13)5-6-14/h3-4,7-9,15H,5-6,14H2,1-2H3. The maximum absolute atomic E-state index is 5.54. The van der Waals surface area contributed by atoms with Gasteiger partial charge in [-0.25, -0.2) is 0 Å². The zero-order valence-corrected chi connectivity index (χ0v) is 9.38. The molecule has 0 bridgehead atoms. The molecule has 1 heterocycles. The lowest BCUT2D eigenvalue weighted by atomic mass is 10.0. The third-order valence-electron chi connectivity index (χ3n) is 2.78. The van der Waals surface area contributed by atoms with Crippen molar-refractivity contribution in [2.75, 3.05) is 6.54 Å². The minimum Gasteiger partial charge on any atom is -0.358 e. The minimum atomic E-state index is 0.585. The largest absolute Gasteiger partial charge is 0.358 e. The Kier molecular flexibility index (Phi) is 2.78. The predicted octanol–water partition coefficient (Wildman–Crippen LogP) is 2.79. The van der Waals surface area contributed by atoms with Crippen LogP contribution in [-0.4, -0.2) is 11.5 Å². The van der Waals surface area contributed by atoms with Crippen LogP contribution < -0.4 is 5.73 Å². The van der Waals surface area contributed by atoms with Gasteiger partial charge in [0, 0.05) is 11.2 Å². The number of fused-ring (bicyclic) bond motifs is 1. The fourth-order valence-electron chi connectivity index (χ4n) is 1.86. The molecule has 0 atom stereocenters. The number of H-pyrrole nitrogens is 1. The molecule has 0 spiro atoms. The van der Waals surface area contributed by atoms with Crippen molar-refractivity contribution >= 4 is 10.9 Å². The first-order valence-electron chi connectivity index (χ1n) is 5.52. The van der Waals surface area contributed by atoms with E-state index in [1.807, 2.05) is 0 Å². The Morgan fingerprint density at radius 1 is 1.27 bits per heavy atom. The Morgan fingerprint density at radius 2 is 2.07 bits per heavy atom. The van der Waals surface area contributed by atoms with E-state index in [1.54, 1.807) is 0 Å². The van der Waals surface area contributed by atoms with Gasteiger partial charge < -0.3 is 10.7 Å². The quantitative estimate of drug-likeness (QED) is 0.789. The third kappa shape index (κ3) is 2.05. The SMILES string of the molecule is CC(C)c1ccc2[nH]c(CCN)cc2c1. The third-order valence-corrected chi connectivity index (χ3v) is 2.78. The van der Waals surface area contributed by atoms with E-state index in [2.05, 4.69) is 43.1 Å². The minimum absolute atomic E-state index is 0.585. The molecule has 2 heteroatoms. The Hall–Kier alpha value is -1.28. The maximum atomic E-state index is 5.54. The summed E-state index contributed by atoms with van der Waals surface area (Å²) < 4.78 is 0. The van der Waals surface area contributed by atoms with Crippen molar-refractivity contribution in [3.05, 3.63) is 35.5 Å². The molecule has 0 saturated heterocycles. The summed E-state index contributed by atoms with van der Waals surface area (Å²) in [6.45, 7) is 5.13. The van der Waals surface area contributed by atoms with E-state index in [0.717, 1.165) is 6.42 Å². The highest BCUT2D eigenvalue weighted by Gasteiger charge is 2.03. The van der Waals surface area contributed by atoms with Crippen LogP contribution in [-0.2, 0) is 6.42 Å². The van der Waals surface area contributed by atoms with Crippen LogP contribution in [0.5, 0.6) is 0 Å². The molecule has 15 heavy (non-hydrogen) atoms. The maximum Gasteiger partial charge on any atom is 0.0456 e. The Morgan fingerprint density at radius 3 is 2.73 bits per heavy atom. The van der Waals surface area contributed by atoms with Crippen LogP contribution in [0.15, 0.2) is 24.3 Å². The number of hydrogen-bond donors (Lipinski definition) is 2. The fourth-order valence-corrected chi connectivity index (χ4v) is 1.86. The number of benzene rings is 1. The lowest BCUT2D eigenvalue weighted by molar-refractivity contribution is 0.869. The van der Waals surface area contributed by atoms with Gasteiger partial charge in [-0.05, 0) is 48.0 Å². The summed E-state index contributed by atoms with van der Waals surface area (Å²) in [5.74, 6) is 0.585. The van der Waals surface area contributed by atoms with Crippen molar-refractivity contribution < 1.29 is 0 Å². The Labute approximate surface area is 90.5 Å². The number of hydrogen-bond acceptors (Lipinski definition) is 1. The van der Waals surface area contributed by atoms with E-state index in [4.69, 9.17) is 5.73 Å². The van der Waals surface area contributed by atoms with Crippen molar-refractivity contribution in [1.82, 2.24) is 4.98 Å². The van der Waals surface area contributed by atoms with E-state index in [9.17, 15) is 0 Å². The van der Waals surface area contributed by atoms with Crippen molar-refractivity contribution in [3.8, 4) is 0 Å². The van der Waals surface area contributed by atoms with Crippen LogP contribution in [0, 0.1) is 0 Å². The van der Waals surface area contributed by atoms with Gasteiger partial charge in [-0.15, -0.1) is 0 Å². The summed E-state index contributed by atoms with van der Waals surface area (Å²) in [7, 11) is 0. The molecule has 0 aliphatic carbocycles. The van der Waals surface area contributed by atoms with E-state index in [1.165, 1.54) is 22.2 Å². The molecule has 2 rings (SSSR count). The molecular formula is C13H18N2. The first-order valence-corrected chi connectivity index (χ1v) is 5.52. The van der Waals surface area contributed by atoms with Crippen LogP contribution in [0.1, 0.15) is 31.0 Å². The van der Waals surface area contributed by atoms with Crippen molar-refractivity contribution in [3.63, 3.8) is 0 Å². The Balaban J connectivity index is 2.43. The normalized spacial score (nSPS) is 11.5. The van der Waals surface area contributed by atoms with Gasteiger partial charge in [-0.2, -0.15) is 0 Å². The molecule has 2 nitrogen and oxygen atoms in total. The monoisotopic (exact) mass is 202 g/mol. The zero-order valence-electron chi connectivity index (χ0n) is 9.38. The van der Waals surface area contributed by atoms with Gasteiger partial charge in [0.1, 0.15) is 0 Å². The number of rotatable bonds is 3. The molecule has 0 unspecified atom stereocenters. The molecule has 1 aromatic heterocycles. The number of nitrogens with one attached hydrogen (secondary N) is 1. The topological polar surface area (TPSA) is 41.8 Å². The molecule has 1 aromatic carbocycles. The van der Waals surface area contributed by atoms with E-state index in [-0.39, 0.29) is 0 Å². The fraction of sp³-hybridized carbons (Fsp3) is 0.385. The summed E-state index contributed by atoms with van der Waals surface area (Å²) in [5.41, 5.74) is 9.37. The first-order chi connectivity index (χ1) is 7.20. The second kappa shape index (κ2) is 4.07. The number of aromatic amines is 1. The van der Waals surface area contributed by atoms with Crippen molar-refractivity contribution in [1.29, 1.82) is 0 Å². The first kappa shape index (κ1) is 10.2. The van der Waals surface area contributed by atoms with E-state index in [0.29, 0.717) is 12.5 Å². The van der Waals surface area contributed by atoms with Gasteiger partial charge in [0.25, 0.3) is 0 Å². The zero-order chi connectivity index (χ0) is 10.8. The summed E-state index contributed by atoms with van der Waals surface area (Å²) in [4.78, 5) is 3.38. The molecule has 0 saturated carbocycles. The number of aromatic nitrogens is 1. The molecule has 0 aliphatic rings. The summed E-state index contributed by atoms with van der Waals surface area (Å²) in [5, 5.41) is 1.30. The number of nitrogens with two attached hydrogens (primary N) is 1. The van der Waals surface area contributed by atoms with Gasteiger partial charge >= 0.3 is 0 Å². The summed E-state index contributed by atoms with van der Waals surface area (Å²) in [6, 6.07) is 8.81. The van der Waals surface area contributed by atoms with Gasteiger partial charge in [0.15, 0.2) is 0 Å². The molecule has 3 N–H and O–H groups in total. The second-order valence-corrected chi connectivity index (χ2v) is 4.33. The summed E-state index contributed by atoms with van der Waals surface area (Å²) >= 11 is 0. The second-order valence-electron chi connectivity index (χ2n) is 4.33. The summed E-state index contributed by atoms with van der Waals surface area (Å²) in [6.07, 6.45) is 0.922. The van der Waals surface area contributed by atoms with Gasteiger partial charge in [-0.3, -0.25) is 0 Å². The lowest BCUT2D eigenvalue weighted by Gasteiger charge is -2.03. The smallest absolute Gasteiger partial charge is 0.0456 e. The van der Waals surface area contributed by atoms with E-state index < -0.39 is 0 Å². The highest BCUT2D eigenvalue weighted by Crippen LogP contribution is 2.22. The average molecular weight is 202 g/mol. The molecule has 80 valence electrons. The van der Waals surface area contributed by atoms with Crippen molar-refractivity contribution in [2.24, 2.45) is 5.73 Å². The van der Waals surface area contributed by atoms with Crippen LogP contribution in [0.4, 0.5) is 0 Å². The average Bonchev–Trinajstić information content (AvgIpc) is 2.59. The highest BCUT2D eigenvalue weighted by molar-refractivity contribution is 5.81. The van der Waals surface area contributed by atoms with Crippen molar-refractivity contribution in [2.45, 2.75) is 26.2 Å². The van der Waals surface area contributed by atoms with Crippen LogP contribution in [0.3, 0.4) is 0 Å². The molecule has 0 amide bonds. The molecule has 0 radical (unpaired) electrons. The van der Waals surface area contributed by atoms with E-state index >= 15 is 0 Å². The molecule has 0 fully saturated rings. The van der Waals surface area contributed by atoms with Crippen LogP contribution in [0.2, 0.25) is 0 Å². The van der Waals surface area contributed by atoms with Gasteiger partial charge in [0.2, 0.25) is 0 Å². The molecule has 0 aliphatic heterocycles. The van der Waals surface area contributed by atoms with Crippen LogP contribution >= 0.6 is 0 Å². The molecule has 2 aromatic rings. The Bertz CT molecular complexity index is 455. The predicted molar refractivity (Wildman–Crippen MR) is 65.1 cm³/mol. The molecular weight excluding hydrogens is 184 g/mol. The highest BCUT2D eigenvalue weighted by atomic mass is 14.7. The van der Waals surface area contributed by atoms with Crippen LogP contribution in [0.25, 0.3) is 10.9 Å². The lowest BCUT2D eigenvalue weighted by Crippen LogP contribution is -2.02.